The fourth-order valence-electron chi connectivity index (χ4n) is 4.82. The minimum atomic E-state index is -0.821. The van der Waals surface area contributed by atoms with Gasteiger partial charge in [-0.15, -0.1) is 5.92 Å². The molecule has 0 aromatic heterocycles. The lowest BCUT2D eigenvalue weighted by atomic mass is 9.65. The van der Waals surface area contributed by atoms with Gasteiger partial charge in [0.05, 0.1) is 18.4 Å². The van der Waals surface area contributed by atoms with E-state index in [1.54, 1.807) is 6.92 Å². The van der Waals surface area contributed by atoms with Crippen LogP contribution in [-0.2, 0) is 4.79 Å². The minimum Gasteiger partial charge on any atom is -0.490 e. The van der Waals surface area contributed by atoms with E-state index in [1.807, 2.05) is 24.3 Å². The summed E-state index contributed by atoms with van der Waals surface area (Å²) in [5.41, 5.74) is 1.48. The monoisotopic (exact) mass is 354 g/mol. The Morgan fingerprint density at radius 2 is 1.88 bits per heavy atom. The maximum Gasteiger partial charge on any atom is 0.304 e. The zero-order chi connectivity index (χ0) is 18.4. The summed E-state index contributed by atoms with van der Waals surface area (Å²) in [6.45, 7) is 1.75. The molecule has 3 heteroatoms. The fraction of sp³-hybridized carbons (Fsp3) is 0.609. The molecule has 0 bridgehead atoms. The van der Waals surface area contributed by atoms with E-state index in [4.69, 9.17) is 9.84 Å². The molecule has 2 saturated carbocycles. The molecule has 1 aromatic rings. The number of hydrogen-bond donors (Lipinski definition) is 1. The summed E-state index contributed by atoms with van der Waals surface area (Å²) in [4.78, 5) is 11.0. The molecule has 3 rings (SSSR count). The predicted octanol–water partition coefficient (Wildman–Crippen LogP) is 5.54. The van der Waals surface area contributed by atoms with E-state index in [2.05, 4.69) is 11.8 Å². The van der Waals surface area contributed by atoms with Crippen LogP contribution < -0.4 is 4.74 Å². The molecular formula is C23H30O3. The highest BCUT2D eigenvalue weighted by molar-refractivity contribution is 5.69. The van der Waals surface area contributed by atoms with Crippen LogP contribution >= 0.6 is 0 Å². The number of benzene rings is 1. The van der Waals surface area contributed by atoms with Gasteiger partial charge < -0.3 is 9.84 Å². The number of ether oxygens (including phenoxy) is 1. The van der Waals surface area contributed by atoms with E-state index in [-0.39, 0.29) is 12.3 Å². The second kappa shape index (κ2) is 8.62. The van der Waals surface area contributed by atoms with Gasteiger partial charge in [0.15, 0.2) is 0 Å². The number of rotatable bonds is 5. The standard InChI is InChI=1S/C23H30O3/c1-2-7-19(16-22(24)25)18-9-11-20(12-10-18)26-21-8-6-15-23(17-21)13-4-3-5-14-23/h9-12,19,21H,3-6,8,13-17H2,1H3,(H,24,25). The van der Waals surface area contributed by atoms with Crippen molar-refractivity contribution in [3.8, 4) is 17.6 Å². The van der Waals surface area contributed by atoms with Gasteiger partial charge in [-0.25, -0.2) is 0 Å². The Bertz CT molecular complexity index is 653. The molecule has 1 aromatic carbocycles. The summed E-state index contributed by atoms with van der Waals surface area (Å²) in [6.07, 6.45) is 12.2. The lowest BCUT2D eigenvalue weighted by Crippen LogP contribution is -2.35. The number of carboxylic acids is 1. The molecule has 1 N–H and O–H groups in total. The molecule has 1 spiro atoms. The van der Waals surface area contributed by atoms with Crippen LogP contribution in [0.4, 0.5) is 0 Å². The molecule has 140 valence electrons. The highest BCUT2D eigenvalue weighted by Gasteiger charge is 2.37. The molecule has 2 aliphatic carbocycles. The lowest BCUT2D eigenvalue weighted by molar-refractivity contribution is -0.137. The predicted molar refractivity (Wildman–Crippen MR) is 103 cm³/mol. The molecular weight excluding hydrogens is 324 g/mol. The average Bonchev–Trinajstić information content (AvgIpc) is 2.62. The Morgan fingerprint density at radius 3 is 2.54 bits per heavy atom. The van der Waals surface area contributed by atoms with Crippen LogP contribution in [0.15, 0.2) is 24.3 Å². The van der Waals surface area contributed by atoms with Crippen molar-refractivity contribution in [2.75, 3.05) is 0 Å². The van der Waals surface area contributed by atoms with Crippen molar-refractivity contribution in [1.29, 1.82) is 0 Å². The molecule has 3 nitrogen and oxygen atoms in total. The van der Waals surface area contributed by atoms with Crippen LogP contribution in [0.25, 0.3) is 0 Å². The number of hydrogen-bond acceptors (Lipinski definition) is 2. The van der Waals surface area contributed by atoms with E-state index in [9.17, 15) is 4.79 Å². The van der Waals surface area contributed by atoms with E-state index in [0.29, 0.717) is 11.5 Å². The SMILES string of the molecule is CC#CC(CC(=O)O)c1ccc(OC2CCCC3(CCCCC3)C2)cc1. The highest BCUT2D eigenvalue weighted by atomic mass is 16.5. The average molecular weight is 354 g/mol. The van der Waals surface area contributed by atoms with Gasteiger partial charge in [0.25, 0.3) is 0 Å². The van der Waals surface area contributed by atoms with Crippen molar-refractivity contribution in [3.05, 3.63) is 29.8 Å². The molecule has 2 fully saturated rings. The van der Waals surface area contributed by atoms with Gasteiger partial charge in [0.1, 0.15) is 5.75 Å². The molecule has 26 heavy (non-hydrogen) atoms. The van der Waals surface area contributed by atoms with Crippen LogP contribution in [-0.4, -0.2) is 17.2 Å². The molecule has 0 saturated heterocycles. The van der Waals surface area contributed by atoms with Gasteiger partial charge in [-0.2, -0.15) is 0 Å². The maximum absolute atomic E-state index is 11.0. The fourth-order valence-corrected chi connectivity index (χ4v) is 4.82. The third kappa shape index (κ3) is 4.81. The summed E-state index contributed by atoms with van der Waals surface area (Å²) >= 11 is 0. The van der Waals surface area contributed by atoms with Crippen molar-refractivity contribution >= 4 is 5.97 Å². The van der Waals surface area contributed by atoms with Crippen LogP contribution in [0, 0.1) is 17.3 Å². The van der Waals surface area contributed by atoms with Gasteiger partial charge in [-0.3, -0.25) is 4.79 Å². The molecule has 2 atom stereocenters. The first-order valence-corrected chi connectivity index (χ1v) is 10.0. The number of carboxylic acid groups (broad SMARTS) is 1. The minimum absolute atomic E-state index is 0.0339. The van der Waals surface area contributed by atoms with Crippen molar-refractivity contribution in [1.82, 2.24) is 0 Å². The van der Waals surface area contributed by atoms with Crippen LogP contribution in [0.5, 0.6) is 5.75 Å². The van der Waals surface area contributed by atoms with Gasteiger partial charge in [-0.1, -0.05) is 37.3 Å². The Labute approximate surface area is 157 Å². The van der Waals surface area contributed by atoms with E-state index in [0.717, 1.165) is 17.7 Å². The van der Waals surface area contributed by atoms with E-state index >= 15 is 0 Å². The smallest absolute Gasteiger partial charge is 0.304 e. The molecule has 2 unspecified atom stereocenters. The van der Waals surface area contributed by atoms with E-state index in [1.165, 1.54) is 51.4 Å². The Kier molecular flexibility index (Phi) is 6.25. The molecule has 2 aliphatic rings. The second-order valence-electron chi connectivity index (χ2n) is 8.01. The number of carbonyl (C=O) groups is 1. The zero-order valence-corrected chi connectivity index (χ0v) is 15.8. The second-order valence-corrected chi connectivity index (χ2v) is 8.01. The normalized spacial score (nSPS) is 22.9. The highest BCUT2D eigenvalue weighted by Crippen LogP contribution is 2.48. The summed E-state index contributed by atoms with van der Waals surface area (Å²) in [5.74, 6) is 5.65. The molecule has 0 aliphatic heterocycles. The van der Waals surface area contributed by atoms with Gasteiger partial charge in [0, 0.05) is 0 Å². The van der Waals surface area contributed by atoms with Crippen LogP contribution in [0.1, 0.15) is 82.6 Å². The topological polar surface area (TPSA) is 46.5 Å². The first-order chi connectivity index (χ1) is 12.6. The first-order valence-electron chi connectivity index (χ1n) is 10.0. The third-order valence-corrected chi connectivity index (χ3v) is 6.09. The summed E-state index contributed by atoms with van der Waals surface area (Å²) in [7, 11) is 0. The van der Waals surface area contributed by atoms with Crippen LogP contribution in [0.3, 0.4) is 0 Å². The largest absolute Gasteiger partial charge is 0.490 e. The molecule has 0 heterocycles. The van der Waals surface area contributed by atoms with Gasteiger partial charge in [-0.05, 0) is 68.6 Å². The Hall–Kier alpha value is -1.95. The molecule has 0 amide bonds. The van der Waals surface area contributed by atoms with Gasteiger partial charge in [0.2, 0.25) is 0 Å². The zero-order valence-electron chi connectivity index (χ0n) is 15.8. The van der Waals surface area contributed by atoms with E-state index < -0.39 is 5.97 Å². The van der Waals surface area contributed by atoms with Crippen molar-refractivity contribution in [2.24, 2.45) is 5.41 Å². The Morgan fingerprint density at radius 1 is 1.19 bits per heavy atom. The lowest BCUT2D eigenvalue weighted by Gasteiger charge is -2.43. The van der Waals surface area contributed by atoms with Gasteiger partial charge >= 0.3 is 5.97 Å². The van der Waals surface area contributed by atoms with Crippen LogP contribution in [0.2, 0.25) is 0 Å². The Balaban J connectivity index is 1.63. The third-order valence-electron chi connectivity index (χ3n) is 6.09. The van der Waals surface area contributed by atoms with Crippen molar-refractivity contribution in [2.45, 2.75) is 83.2 Å². The molecule has 0 radical (unpaired) electrons. The van der Waals surface area contributed by atoms with Crippen molar-refractivity contribution in [3.63, 3.8) is 0 Å². The summed E-state index contributed by atoms with van der Waals surface area (Å²) < 4.78 is 6.31. The maximum atomic E-state index is 11.0. The van der Waals surface area contributed by atoms with Crippen molar-refractivity contribution < 1.29 is 14.6 Å². The quantitative estimate of drug-likeness (QED) is 0.706. The number of aliphatic carboxylic acids is 1. The summed E-state index contributed by atoms with van der Waals surface area (Å²) in [5, 5.41) is 9.07. The first kappa shape index (κ1) is 18.8. The summed E-state index contributed by atoms with van der Waals surface area (Å²) in [6, 6.07) is 7.88.